The number of aromatic nitrogens is 4. The number of hydrogen-bond acceptors (Lipinski definition) is 3. The fourth-order valence-electron chi connectivity index (χ4n) is 2.23. The zero-order valence-electron chi connectivity index (χ0n) is 10.4. The van der Waals surface area contributed by atoms with Gasteiger partial charge in [-0.1, -0.05) is 18.2 Å². The van der Waals surface area contributed by atoms with Crippen LogP contribution in [0.5, 0.6) is 0 Å². The summed E-state index contributed by atoms with van der Waals surface area (Å²) in [5.41, 5.74) is 9.23. The minimum atomic E-state index is -0.246. The topological polar surface area (TPSA) is 61.7 Å². The summed E-state index contributed by atoms with van der Waals surface area (Å²) in [5.74, 6) is 0. The Morgan fingerprint density at radius 3 is 2.72 bits per heavy atom. The van der Waals surface area contributed by atoms with Crippen LogP contribution in [0.15, 0.2) is 36.7 Å². The molecule has 2 aromatic heterocycles. The highest BCUT2D eigenvalue weighted by molar-refractivity contribution is 5.82. The molecule has 5 nitrogen and oxygen atoms in total. The Balaban J connectivity index is 2.14. The number of aryl methyl sites for hydroxylation is 2. The van der Waals surface area contributed by atoms with E-state index in [9.17, 15) is 0 Å². The van der Waals surface area contributed by atoms with Crippen molar-refractivity contribution in [3.63, 3.8) is 0 Å². The second-order valence-electron chi connectivity index (χ2n) is 4.45. The van der Waals surface area contributed by atoms with Crippen molar-refractivity contribution in [3.05, 3.63) is 47.9 Å². The first kappa shape index (κ1) is 11.0. The normalized spacial score (nSPS) is 13.1. The van der Waals surface area contributed by atoms with Crippen molar-refractivity contribution in [1.29, 1.82) is 0 Å². The third kappa shape index (κ3) is 1.60. The molecule has 3 rings (SSSR count). The Morgan fingerprint density at radius 1 is 1.22 bits per heavy atom. The molecule has 1 unspecified atom stereocenters. The Labute approximate surface area is 105 Å². The molecule has 1 atom stereocenters. The summed E-state index contributed by atoms with van der Waals surface area (Å²) in [6.07, 6.45) is 3.71. The molecule has 0 spiro atoms. The molecular formula is C13H15N5. The quantitative estimate of drug-likeness (QED) is 0.736. The lowest BCUT2D eigenvalue weighted by atomic mass is 10.1. The predicted octanol–water partition coefficient (Wildman–Crippen LogP) is 1.35. The van der Waals surface area contributed by atoms with Crippen molar-refractivity contribution in [3.8, 4) is 0 Å². The first-order valence-corrected chi connectivity index (χ1v) is 5.82. The van der Waals surface area contributed by atoms with Gasteiger partial charge in [-0.15, -0.1) is 0 Å². The van der Waals surface area contributed by atoms with Crippen molar-refractivity contribution in [2.75, 3.05) is 0 Å². The molecule has 0 aliphatic heterocycles. The van der Waals surface area contributed by atoms with E-state index in [0.29, 0.717) is 0 Å². The lowest BCUT2D eigenvalue weighted by Gasteiger charge is -2.06. The van der Waals surface area contributed by atoms with Gasteiger partial charge in [-0.25, -0.2) is 0 Å². The van der Waals surface area contributed by atoms with Gasteiger partial charge in [-0.3, -0.25) is 9.36 Å². The second-order valence-corrected chi connectivity index (χ2v) is 4.45. The zero-order chi connectivity index (χ0) is 12.7. The number of para-hydroxylation sites is 1. The lowest BCUT2D eigenvalue weighted by Crippen LogP contribution is -2.12. The maximum Gasteiger partial charge on any atom is 0.0916 e. The fraction of sp³-hybridized carbons (Fsp3) is 0.231. The number of benzene rings is 1. The van der Waals surface area contributed by atoms with E-state index in [1.165, 1.54) is 0 Å². The molecule has 0 aliphatic carbocycles. The van der Waals surface area contributed by atoms with Crippen LogP contribution < -0.4 is 5.73 Å². The average Bonchev–Trinajstić information content (AvgIpc) is 2.94. The van der Waals surface area contributed by atoms with E-state index in [-0.39, 0.29) is 6.04 Å². The summed E-state index contributed by atoms with van der Waals surface area (Å²) in [7, 11) is 3.81. The minimum Gasteiger partial charge on any atom is -0.319 e. The van der Waals surface area contributed by atoms with Crippen LogP contribution >= 0.6 is 0 Å². The Bertz CT molecular complexity index is 694. The van der Waals surface area contributed by atoms with Crippen molar-refractivity contribution in [2.45, 2.75) is 6.04 Å². The van der Waals surface area contributed by atoms with Crippen LogP contribution in [0.2, 0.25) is 0 Å². The molecule has 2 N–H and O–H groups in total. The van der Waals surface area contributed by atoms with Gasteiger partial charge in [-0.05, 0) is 6.07 Å². The summed E-state index contributed by atoms with van der Waals surface area (Å²) in [6.45, 7) is 0. The van der Waals surface area contributed by atoms with E-state index >= 15 is 0 Å². The van der Waals surface area contributed by atoms with Crippen LogP contribution in [-0.4, -0.2) is 19.6 Å². The van der Waals surface area contributed by atoms with Crippen LogP contribution in [0, 0.1) is 0 Å². The standard InChI is InChI=1S/C13H15N5/c1-17-8-9(7-15-17)12(14)13-10-5-3-4-6-11(10)18(2)16-13/h3-8,12H,14H2,1-2H3. The van der Waals surface area contributed by atoms with E-state index in [1.807, 2.05) is 49.2 Å². The van der Waals surface area contributed by atoms with Crippen LogP contribution in [0.3, 0.4) is 0 Å². The van der Waals surface area contributed by atoms with E-state index in [1.54, 1.807) is 10.9 Å². The van der Waals surface area contributed by atoms with Gasteiger partial charge >= 0.3 is 0 Å². The molecule has 0 radical (unpaired) electrons. The maximum atomic E-state index is 6.28. The number of rotatable bonds is 2. The molecule has 3 aromatic rings. The first-order valence-electron chi connectivity index (χ1n) is 5.82. The molecule has 1 aromatic carbocycles. The summed E-state index contributed by atoms with van der Waals surface area (Å²) in [6, 6.07) is 7.85. The second kappa shape index (κ2) is 3.96. The molecular weight excluding hydrogens is 226 g/mol. The lowest BCUT2D eigenvalue weighted by molar-refractivity contribution is 0.730. The Morgan fingerprint density at radius 2 is 2.00 bits per heavy atom. The number of fused-ring (bicyclic) bond motifs is 1. The van der Waals surface area contributed by atoms with E-state index in [4.69, 9.17) is 5.73 Å². The zero-order valence-corrected chi connectivity index (χ0v) is 10.4. The summed E-state index contributed by atoms with van der Waals surface area (Å²) < 4.78 is 3.61. The summed E-state index contributed by atoms with van der Waals surface area (Å²) in [4.78, 5) is 0. The molecule has 5 heteroatoms. The molecule has 0 bridgehead atoms. The van der Waals surface area contributed by atoms with Crippen molar-refractivity contribution >= 4 is 10.9 Å². The number of hydrogen-bond donors (Lipinski definition) is 1. The molecule has 2 heterocycles. The molecule has 0 saturated carbocycles. The average molecular weight is 241 g/mol. The van der Waals surface area contributed by atoms with E-state index in [2.05, 4.69) is 10.2 Å². The predicted molar refractivity (Wildman–Crippen MR) is 70.0 cm³/mol. The van der Waals surface area contributed by atoms with Crippen molar-refractivity contribution in [2.24, 2.45) is 19.8 Å². The van der Waals surface area contributed by atoms with E-state index in [0.717, 1.165) is 22.2 Å². The van der Waals surface area contributed by atoms with Crippen molar-refractivity contribution < 1.29 is 0 Å². The summed E-state index contributed by atoms with van der Waals surface area (Å²) >= 11 is 0. The highest BCUT2D eigenvalue weighted by atomic mass is 15.3. The fourth-order valence-corrected chi connectivity index (χ4v) is 2.23. The van der Waals surface area contributed by atoms with Crippen LogP contribution in [-0.2, 0) is 14.1 Å². The van der Waals surface area contributed by atoms with Gasteiger partial charge < -0.3 is 5.73 Å². The van der Waals surface area contributed by atoms with Gasteiger partial charge in [0.25, 0.3) is 0 Å². The number of nitrogens with two attached hydrogens (primary N) is 1. The third-order valence-electron chi connectivity index (χ3n) is 3.16. The highest BCUT2D eigenvalue weighted by Gasteiger charge is 2.17. The SMILES string of the molecule is Cn1cc(C(N)c2nn(C)c3ccccc23)cn1. The Kier molecular flexibility index (Phi) is 2.41. The van der Waals surface area contributed by atoms with Gasteiger partial charge in [0.05, 0.1) is 23.4 Å². The molecule has 18 heavy (non-hydrogen) atoms. The van der Waals surface area contributed by atoms with Crippen LogP contribution in [0.1, 0.15) is 17.3 Å². The Hall–Kier alpha value is -2.14. The first-order chi connectivity index (χ1) is 8.66. The largest absolute Gasteiger partial charge is 0.319 e. The number of nitrogens with zero attached hydrogens (tertiary/aromatic N) is 4. The van der Waals surface area contributed by atoms with Gasteiger partial charge in [-0.2, -0.15) is 10.2 Å². The maximum absolute atomic E-state index is 6.28. The van der Waals surface area contributed by atoms with E-state index < -0.39 is 0 Å². The molecule has 0 amide bonds. The minimum absolute atomic E-state index is 0.246. The third-order valence-corrected chi connectivity index (χ3v) is 3.16. The highest BCUT2D eigenvalue weighted by Crippen LogP contribution is 2.25. The van der Waals surface area contributed by atoms with Gasteiger partial charge in [0.2, 0.25) is 0 Å². The van der Waals surface area contributed by atoms with Crippen LogP contribution in [0.25, 0.3) is 10.9 Å². The molecule has 0 saturated heterocycles. The summed E-state index contributed by atoms with van der Waals surface area (Å²) in [5, 5.41) is 9.78. The van der Waals surface area contributed by atoms with Gasteiger partial charge in [0.15, 0.2) is 0 Å². The molecule has 0 aliphatic rings. The van der Waals surface area contributed by atoms with Gasteiger partial charge in [0, 0.05) is 31.2 Å². The molecule has 92 valence electrons. The smallest absolute Gasteiger partial charge is 0.0916 e. The monoisotopic (exact) mass is 241 g/mol. The molecule has 0 fully saturated rings. The van der Waals surface area contributed by atoms with Crippen LogP contribution in [0.4, 0.5) is 0 Å². The van der Waals surface area contributed by atoms with Gasteiger partial charge in [0.1, 0.15) is 0 Å². The van der Waals surface area contributed by atoms with Crippen molar-refractivity contribution in [1.82, 2.24) is 19.6 Å².